The van der Waals surface area contributed by atoms with E-state index in [0.29, 0.717) is 0 Å². The summed E-state index contributed by atoms with van der Waals surface area (Å²) in [4.78, 5) is 9.34. The van der Waals surface area contributed by atoms with E-state index in [0.717, 1.165) is 5.56 Å². The molecule has 258 valence electrons. The summed E-state index contributed by atoms with van der Waals surface area (Å²) in [6, 6.07) is 38.6. The zero-order chi connectivity index (χ0) is 35.1. The third kappa shape index (κ3) is 5.08. The highest BCUT2D eigenvalue weighted by Gasteiger charge is 2.45. The number of aromatic nitrogens is 3. The number of pyridine rings is 2. The summed E-state index contributed by atoms with van der Waals surface area (Å²) in [5.74, 6) is 0. The molecule has 3 heteroatoms. The number of fused-ring (bicyclic) bond motifs is 11. The highest BCUT2D eigenvalue weighted by molar-refractivity contribution is 6.27. The molecule has 3 aromatic heterocycles. The Balaban J connectivity index is 1.42. The van der Waals surface area contributed by atoms with Gasteiger partial charge < -0.3 is 4.57 Å². The third-order valence-corrected chi connectivity index (χ3v) is 11.9. The molecule has 0 spiro atoms. The summed E-state index contributed by atoms with van der Waals surface area (Å²) in [6.07, 6.45) is 20.5. The second-order valence-electron chi connectivity index (χ2n) is 14.9. The van der Waals surface area contributed by atoms with Crippen molar-refractivity contribution >= 4 is 43.4 Å². The van der Waals surface area contributed by atoms with Gasteiger partial charge >= 0.3 is 0 Å². The molecule has 8 aromatic rings. The smallest absolute Gasteiger partial charge is 0.0629 e. The molecular formula is C49H47N3. The lowest BCUT2D eigenvalue weighted by Crippen LogP contribution is -2.26. The molecule has 1 aliphatic rings. The maximum Gasteiger partial charge on any atom is 0.0629 e. The van der Waals surface area contributed by atoms with E-state index >= 15 is 0 Å². The number of hydrogen-bond acceptors (Lipinski definition) is 2. The molecule has 1 aliphatic carbocycles. The number of rotatable bonds is 12. The zero-order valence-electron chi connectivity index (χ0n) is 30.5. The first-order chi connectivity index (χ1) is 25.8. The molecule has 0 saturated heterocycles. The van der Waals surface area contributed by atoms with Crippen molar-refractivity contribution < 1.29 is 0 Å². The van der Waals surface area contributed by atoms with Crippen LogP contribution in [0.4, 0.5) is 0 Å². The molecule has 0 amide bonds. The fraction of sp³-hybridized carbons (Fsp3) is 0.265. The number of para-hydroxylation sites is 1. The van der Waals surface area contributed by atoms with Gasteiger partial charge in [0.1, 0.15) is 0 Å². The van der Waals surface area contributed by atoms with Crippen LogP contribution in [0, 0.1) is 0 Å². The lowest BCUT2D eigenvalue weighted by atomic mass is 9.69. The van der Waals surface area contributed by atoms with Crippen molar-refractivity contribution in [1.82, 2.24) is 14.5 Å². The molecule has 0 bridgehead atoms. The van der Waals surface area contributed by atoms with Crippen LogP contribution in [0.5, 0.6) is 0 Å². The Morgan fingerprint density at radius 2 is 1.25 bits per heavy atom. The van der Waals surface area contributed by atoms with Crippen LogP contribution in [0.3, 0.4) is 0 Å². The maximum absolute atomic E-state index is 4.86. The Hall–Kier alpha value is -5.28. The molecule has 3 nitrogen and oxygen atoms in total. The van der Waals surface area contributed by atoms with Crippen LogP contribution >= 0.6 is 0 Å². The maximum atomic E-state index is 4.86. The zero-order valence-corrected chi connectivity index (χ0v) is 30.5. The number of unbranched alkanes of at least 4 members (excludes halogenated alkanes) is 6. The second kappa shape index (κ2) is 13.7. The molecule has 0 N–H and O–H groups in total. The number of nitrogens with zero attached hydrogens (tertiary/aromatic N) is 3. The summed E-state index contributed by atoms with van der Waals surface area (Å²) >= 11 is 0. The normalized spacial score (nSPS) is 13.3. The van der Waals surface area contributed by atoms with Crippen LogP contribution in [0.25, 0.3) is 71.3 Å². The first kappa shape index (κ1) is 32.6. The Morgan fingerprint density at radius 3 is 2.02 bits per heavy atom. The fourth-order valence-corrected chi connectivity index (χ4v) is 9.68. The largest absolute Gasteiger partial charge is 0.308 e. The molecule has 0 saturated carbocycles. The van der Waals surface area contributed by atoms with Crippen molar-refractivity contribution in [3.63, 3.8) is 0 Å². The minimum Gasteiger partial charge on any atom is -0.308 e. The first-order valence-corrected chi connectivity index (χ1v) is 19.6. The number of benzene rings is 5. The van der Waals surface area contributed by atoms with Gasteiger partial charge in [-0.2, -0.15) is 0 Å². The second-order valence-corrected chi connectivity index (χ2v) is 14.9. The van der Waals surface area contributed by atoms with Gasteiger partial charge in [0.25, 0.3) is 0 Å². The minimum atomic E-state index is -0.0591. The van der Waals surface area contributed by atoms with Crippen molar-refractivity contribution in [2.45, 2.75) is 83.5 Å². The fourth-order valence-electron chi connectivity index (χ4n) is 9.68. The van der Waals surface area contributed by atoms with E-state index in [1.165, 1.54) is 141 Å². The van der Waals surface area contributed by atoms with Crippen molar-refractivity contribution in [3.8, 4) is 27.9 Å². The third-order valence-electron chi connectivity index (χ3n) is 11.9. The van der Waals surface area contributed by atoms with Gasteiger partial charge in [0, 0.05) is 62.9 Å². The topological polar surface area (TPSA) is 30.7 Å². The van der Waals surface area contributed by atoms with Crippen LogP contribution in [0.2, 0.25) is 0 Å². The van der Waals surface area contributed by atoms with Crippen LogP contribution < -0.4 is 0 Å². The highest BCUT2D eigenvalue weighted by atomic mass is 15.0. The SMILES string of the molecule is CCCCCCC1(CCCCCC)c2ccccc2-c2c1c1cnccc1c1c3ccccc3n(-c3ccc(-c4cccnc4)c4ccccc34)c21. The van der Waals surface area contributed by atoms with Crippen molar-refractivity contribution in [1.29, 1.82) is 0 Å². The predicted molar refractivity (Wildman–Crippen MR) is 221 cm³/mol. The van der Waals surface area contributed by atoms with E-state index in [1.54, 1.807) is 0 Å². The molecule has 9 rings (SSSR count). The van der Waals surface area contributed by atoms with E-state index in [4.69, 9.17) is 4.98 Å². The summed E-state index contributed by atoms with van der Waals surface area (Å²) in [5.41, 5.74) is 11.9. The number of hydrogen-bond donors (Lipinski definition) is 0. The molecular weight excluding hydrogens is 631 g/mol. The Bertz CT molecular complexity index is 2550. The Kier molecular flexibility index (Phi) is 8.59. The molecule has 0 fully saturated rings. The lowest BCUT2D eigenvalue weighted by molar-refractivity contribution is 0.403. The minimum absolute atomic E-state index is 0.0591. The van der Waals surface area contributed by atoms with E-state index in [1.807, 2.05) is 24.7 Å². The van der Waals surface area contributed by atoms with Gasteiger partial charge in [-0.05, 0) is 70.1 Å². The quantitative estimate of drug-likeness (QED) is 0.121. The molecule has 5 aromatic carbocycles. The van der Waals surface area contributed by atoms with Crippen molar-refractivity contribution in [2.24, 2.45) is 0 Å². The molecule has 0 radical (unpaired) electrons. The highest BCUT2D eigenvalue weighted by Crippen LogP contribution is 2.60. The predicted octanol–water partition coefficient (Wildman–Crippen LogP) is 13.8. The van der Waals surface area contributed by atoms with Gasteiger partial charge in [0.2, 0.25) is 0 Å². The summed E-state index contributed by atoms with van der Waals surface area (Å²) < 4.78 is 2.61. The van der Waals surface area contributed by atoms with E-state index in [9.17, 15) is 0 Å². The standard InChI is InChI=1S/C49H47N3/c1-3-5-7-15-28-49(29-16-8-6-4-2)42-23-13-11-21-39(42)46-47(49)41-33-51-31-27-38(41)45-40-22-12-14-24-43(40)52(48(45)46)44-26-25-35(34-18-17-30-50-32-34)36-19-9-10-20-37(36)44/h9-14,17-27,30-33H,3-8,15-16,28-29H2,1-2H3. The van der Waals surface area contributed by atoms with E-state index in [2.05, 4.69) is 127 Å². The van der Waals surface area contributed by atoms with Crippen LogP contribution in [-0.2, 0) is 5.41 Å². The van der Waals surface area contributed by atoms with Gasteiger partial charge in [-0.3, -0.25) is 9.97 Å². The monoisotopic (exact) mass is 677 g/mol. The average molecular weight is 678 g/mol. The lowest BCUT2D eigenvalue weighted by Gasteiger charge is -2.34. The van der Waals surface area contributed by atoms with Crippen LogP contribution in [-0.4, -0.2) is 14.5 Å². The van der Waals surface area contributed by atoms with Gasteiger partial charge in [-0.15, -0.1) is 0 Å². The summed E-state index contributed by atoms with van der Waals surface area (Å²) in [5, 5.41) is 7.74. The van der Waals surface area contributed by atoms with Gasteiger partial charge in [-0.25, -0.2) is 0 Å². The summed E-state index contributed by atoms with van der Waals surface area (Å²) in [6.45, 7) is 4.64. The van der Waals surface area contributed by atoms with Gasteiger partial charge in [0.05, 0.1) is 16.7 Å². The molecule has 0 aliphatic heterocycles. The van der Waals surface area contributed by atoms with E-state index in [-0.39, 0.29) is 5.41 Å². The molecule has 0 atom stereocenters. The van der Waals surface area contributed by atoms with E-state index < -0.39 is 0 Å². The van der Waals surface area contributed by atoms with Crippen molar-refractivity contribution in [3.05, 3.63) is 139 Å². The van der Waals surface area contributed by atoms with Crippen LogP contribution in [0.1, 0.15) is 89.2 Å². The van der Waals surface area contributed by atoms with Gasteiger partial charge in [-0.1, -0.05) is 144 Å². The molecule has 52 heavy (non-hydrogen) atoms. The van der Waals surface area contributed by atoms with Crippen molar-refractivity contribution in [2.75, 3.05) is 0 Å². The molecule has 3 heterocycles. The average Bonchev–Trinajstić information content (AvgIpc) is 3.69. The molecule has 0 unspecified atom stereocenters. The van der Waals surface area contributed by atoms with Crippen LogP contribution in [0.15, 0.2) is 128 Å². The Morgan fingerprint density at radius 1 is 0.538 bits per heavy atom. The summed E-state index contributed by atoms with van der Waals surface area (Å²) in [7, 11) is 0. The first-order valence-electron chi connectivity index (χ1n) is 19.6. The van der Waals surface area contributed by atoms with Gasteiger partial charge in [0.15, 0.2) is 0 Å². The Labute approximate surface area is 307 Å².